The highest BCUT2D eigenvalue weighted by molar-refractivity contribution is 7.15. The van der Waals surface area contributed by atoms with Crippen LogP contribution in [0.4, 0.5) is 18.3 Å². The molecule has 0 radical (unpaired) electrons. The summed E-state index contributed by atoms with van der Waals surface area (Å²) < 4.78 is 49.0. The smallest absolute Gasteiger partial charge is 0.445 e. The Balaban J connectivity index is 1.75. The highest BCUT2D eigenvalue weighted by atomic mass is 35.5. The average molecular weight is 495 g/mol. The number of hydrogen-bond acceptors (Lipinski definition) is 7. The van der Waals surface area contributed by atoms with Gasteiger partial charge in [-0.15, -0.1) is 10.2 Å². The fourth-order valence-corrected chi connectivity index (χ4v) is 3.33. The first kappa shape index (κ1) is 24.0. The number of alkyl halides is 3. The first-order valence-corrected chi connectivity index (χ1v) is 10.3. The van der Waals surface area contributed by atoms with Crippen LogP contribution in [0.3, 0.4) is 0 Å². The Labute approximate surface area is 195 Å². The van der Waals surface area contributed by atoms with Gasteiger partial charge in [-0.3, -0.25) is 10.1 Å². The summed E-state index contributed by atoms with van der Waals surface area (Å²) in [7, 11) is 1.43. The minimum absolute atomic E-state index is 0.153. The number of ether oxygens (including phenoxy) is 2. The highest BCUT2D eigenvalue weighted by Crippen LogP contribution is 2.33. The third-order valence-corrected chi connectivity index (χ3v) is 5.34. The van der Waals surface area contributed by atoms with Crippen molar-refractivity contribution < 1.29 is 27.4 Å². The predicted octanol–water partition coefficient (Wildman–Crippen LogP) is 5.34. The van der Waals surface area contributed by atoms with Crippen LogP contribution in [0.15, 0.2) is 48.0 Å². The van der Waals surface area contributed by atoms with E-state index < -0.39 is 17.1 Å². The molecule has 2 aromatic carbocycles. The van der Waals surface area contributed by atoms with Crippen molar-refractivity contribution >= 4 is 40.1 Å². The lowest BCUT2D eigenvalue weighted by Crippen LogP contribution is -2.13. The van der Waals surface area contributed by atoms with Gasteiger partial charge in [0.2, 0.25) is 10.1 Å². The van der Waals surface area contributed by atoms with Crippen molar-refractivity contribution in [1.29, 1.82) is 5.26 Å². The van der Waals surface area contributed by atoms with E-state index in [1.54, 1.807) is 36.4 Å². The van der Waals surface area contributed by atoms with Gasteiger partial charge in [0.15, 0.2) is 11.5 Å². The number of nitrogens with zero attached hydrogens (tertiary/aromatic N) is 3. The van der Waals surface area contributed by atoms with Crippen LogP contribution in [0, 0.1) is 11.3 Å². The van der Waals surface area contributed by atoms with Crippen LogP contribution in [-0.4, -0.2) is 23.2 Å². The number of aromatic nitrogens is 2. The van der Waals surface area contributed by atoms with Crippen molar-refractivity contribution in [3.05, 3.63) is 69.2 Å². The molecule has 0 atom stereocenters. The third kappa shape index (κ3) is 6.21. The van der Waals surface area contributed by atoms with E-state index in [1.165, 1.54) is 13.2 Å². The molecule has 1 heterocycles. The van der Waals surface area contributed by atoms with Crippen molar-refractivity contribution in [3.8, 4) is 17.6 Å². The number of rotatable bonds is 7. The zero-order valence-electron chi connectivity index (χ0n) is 16.8. The molecule has 0 unspecified atom stereocenters. The standard InChI is InChI=1S/C21H14ClF3N4O3S/c1-31-17-9-12(6-7-16(17)32-11-13-4-2-3-5-15(13)22)8-14(10-26)18(30)27-20-29-28-19(33-20)21(23,24)25/h2-9H,11H2,1H3,(H,27,29,30)/b14-8-. The molecule has 33 heavy (non-hydrogen) atoms. The highest BCUT2D eigenvalue weighted by Gasteiger charge is 2.35. The Bertz CT molecular complexity index is 1240. The molecule has 0 aliphatic carbocycles. The Kier molecular flexibility index (Phi) is 7.52. The normalized spacial score (nSPS) is 11.6. The van der Waals surface area contributed by atoms with Crippen LogP contribution in [0.1, 0.15) is 16.1 Å². The van der Waals surface area contributed by atoms with Crippen LogP contribution < -0.4 is 14.8 Å². The number of halogens is 4. The fraction of sp³-hybridized carbons (Fsp3) is 0.143. The second-order valence-corrected chi connectivity index (χ2v) is 7.71. The number of benzene rings is 2. The van der Waals surface area contributed by atoms with Crippen molar-refractivity contribution in [3.63, 3.8) is 0 Å². The summed E-state index contributed by atoms with van der Waals surface area (Å²) in [5.74, 6) is -0.182. The maximum Gasteiger partial charge on any atom is 0.445 e. The molecule has 0 bridgehead atoms. The van der Waals surface area contributed by atoms with Crippen LogP contribution in [0.2, 0.25) is 5.02 Å². The maximum atomic E-state index is 12.6. The molecule has 3 rings (SSSR count). The van der Waals surface area contributed by atoms with E-state index >= 15 is 0 Å². The molecule has 7 nitrogen and oxygen atoms in total. The van der Waals surface area contributed by atoms with Crippen LogP contribution in [-0.2, 0) is 17.6 Å². The van der Waals surface area contributed by atoms with Crippen LogP contribution >= 0.6 is 22.9 Å². The minimum atomic E-state index is -4.68. The van der Waals surface area contributed by atoms with E-state index in [9.17, 15) is 23.2 Å². The fourth-order valence-electron chi connectivity index (χ4n) is 2.53. The molecule has 0 spiro atoms. The van der Waals surface area contributed by atoms with E-state index in [1.807, 2.05) is 12.1 Å². The first-order chi connectivity index (χ1) is 15.7. The zero-order valence-corrected chi connectivity index (χ0v) is 18.4. The Morgan fingerprint density at radius 3 is 2.64 bits per heavy atom. The molecule has 3 aromatic rings. The number of carbonyl (C=O) groups excluding carboxylic acids is 1. The molecule has 0 aliphatic rings. The van der Waals surface area contributed by atoms with E-state index in [0.717, 1.165) is 5.56 Å². The Morgan fingerprint density at radius 1 is 1.24 bits per heavy atom. The summed E-state index contributed by atoms with van der Waals surface area (Å²) in [6.07, 6.45) is -3.43. The van der Waals surface area contributed by atoms with E-state index in [0.29, 0.717) is 22.1 Å². The van der Waals surface area contributed by atoms with Crippen molar-refractivity contribution in [2.45, 2.75) is 12.8 Å². The van der Waals surface area contributed by atoms with Gasteiger partial charge < -0.3 is 9.47 Å². The summed E-state index contributed by atoms with van der Waals surface area (Å²) in [6.45, 7) is 0.193. The minimum Gasteiger partial charge on any atom is -0.493 e. The number of carbonyl (C=O) groups is 1. The monoisotopic (exact) mass is 494 g/mol. The van der Waals surface area contributed by atoms with E-state index in [2.05, 4.69) is 15.5 Å². The molecule has 1 aromatic heterocycles. The Morgan fingerprint density at radius 2 is 2.00 bits per heavy atom. The van der Waals surface area contributed by atoms with E-state index in [-0.39, 0.29) is 28.6 Å². The molecule has 0 saturated carbocycles. The third-order valence-electron chi connectivity index (χ3n) is 4.09. The second-order valence-electron chi connectivity index (χ2n) is 6.32. The molecule has 1 N–H and O–H groups in total. The molecule has 1 amide bonds. The van der Waals surface area contributed by atoms with Gasteiger partial charge in [0.05, 0.1) is 7.11 Å². The number of hydrogen-bond donors (Lipinski definition) is 1. The van der Waals surface area contributed by atoms with Crippen molar-refractivity contribution in [2.24, 2.45) is 0 Å². The largest absolute Gasteiger partial charge is 0.493 e. The number of methoxy groups -OCH3 is 1. The average Bonchev–Trinajstić information content (AvgIpc) is 3.26. The van der Waals surface area contributed by atoms with Gasteiger partial charge in [-0.25, -0.2) is 0 Å². The molecule has 12 heteroatoms. The van der Waals surface area contributed by atoms with Gasteiger partial charge in [0.25, 0.3) is 5.91 Å². The lowest BCUT2D eigenvalue weighted by Gasteiger charge is -2.12. The summed E-state index contributed by atoms with van der Waals surface area (Å²) >= 11 is 6.28. The topological polar surface area (TPSA) is 97.1 Å². The van der Waals surface area contributed by atoms with Gasteiger partial charge in [0.1, 0.15) is 18.2 Å². The number of amides is 1. The number of anilines is 1. The predicted molar refractivity (Wildman–Crippen MR) is 116 cm³/mol. The van der Waals surface area contributed by atoms with Gasteiger partial charge in [0, 0.05) is 10.6 Å². The quantitative estimate of drug-likeness (QED) is 0.351. The van der Waals surface area contributed by atoms with Gasteiger partial charge in [-0.1, -0.05) is 47.2 Å². The maximum absolute atomic E-state index is 12.6. The molecule has 0 saturated heterocycles. The summed E-state index contributed by atoms with van der Waals surface area (Å²) in [5, 5.41) is 16.7. The molecule has 0 aliphatic heterocycles. The van der Waals surface area contributed by atoms with Gasteiger partial charge in [-0.2, -0.15) is 18.4 Å². The Hall–Kier alpha value is -3.62. The zero-order chi connectivity index (χ0) is 24.0. The lowest BCUT2D eigenvalue weighted by atomic mass is 10.1. The van der Waals surface area contributed by atoms with Gasteiger partial charge in [-0.05, 0) is 29.8 Å². The van der Waals surface area contributed by atoms with Crippen molar-refractivity contribution in [1.82, 2.24) is 10.2 Å². The lowest BCUT2D eigenvalue weighted by molar-refractivity contribution is -0.138. The number of nitrogens with one attached hydrogen (secondary N) is 1. The van der Waals surface area contributed by atoms with Crippen LogP contribution in [0.5, 0.6) is 11.5 Å². The molecule has 0 fully saturated rings. The van der Waals surface area contributed by atoms with Gasteiger partial charge >= 0.3 is 6.18 Å². The van der Waals surface area contributed by atoms with Crippen molar-refractivity contribution in [2.75, 3.05) is 12.4 Å². The summed E-state index contributed by atoms with van der Waals surface area (Å²) in [6, 6.07) is 13.6. The number of nitriles is 1. The first-order valence-electron chi connectivity index (χ1n) is 9.09. The van der Waals surface area contributed by atoms with Crippen LogP contribution in [0.25, 0.3) is 6.08 Å². The molecular formula is C21H14ClF3N4O3S. The molecular weight excluding hydrogens is 481 g/mol. The summed E-state index contributed by atoms with van der Waals surface area (Å²) in [4.78, 5) is 12.3. The second kappa shape index (κ2) is 10.3. The summed E-state index contributed by atoms with van der Waals surface area (Å²) in [5.41, 5.74) is 0.849. The molecule has 170 valence electrons. The SMILES string of the molecule is COc1cc(/C=C(/C#N)C(=O)Nc2nnc(C(F)(F)F)s2)ccc1OCc1ccccc1Cl. The van der Waals surface area contributed by atoms with E-state index in [4.69, 9.17) is 21.1 Å².